The van der Waals surface area contributed by atoms with Crippen LogP contribution < -0.4 is 0 Å². The van der Waals surface area contributed by atoms with E-state index in [4.69, 9.17) is 14.2 Å². The van der Waals surface area contributed by atoms with Gasteiger partial charge < -0.3 is 14.2 Å². The molecule has 27 heavy (non-hydrogen) atoms. The molecule has 0 amide bonds. The Hall–Kier alpha value is -1.13. The Morgan fingerprint density at radius 3 is 2.07 bits per heavy atom. The second-order valence-corrected chi connectivity index (χ2v) is 6.98. The standard InChI is InChI=1S/C23H42O4/c1-4-5-6-7-8-9-10-11-12-13-14-15-16-17-18-19-23(24)27-21-22(26-3)20-25-2/h8-9,11-12,22H,4-7,10,13-21H2,1-3H3/b9-8-,12-11-. The number of ether oxygens (including phenoxy) is 3. The van der Waals surface area contributed by atoms with Gasteiger partial charge in [0.05, 0.1) is 6.61 Å². The first kappa shape index (κ1) is 25.9. The van der Waals surface area contributed by atoms with Gasteiger partial charge in [0.25, 0.3) is 0 Å². The zero-order chi connectivity index (χ0) is 20.0. The first-order valence-corrected chi connectivity index (χ1v) is 10.7. The lowest BCUT2D eigenvalue weighted by atomic mass is 10.1. The highest BCUT2D eigenvalue weighted by molar-refractivity contribution is 5.69. The fourth-order valence-corrected chi connectivity index (χ4v) is 2.71. The molecule has 4 nitrogen and oxygen atoms in total. The maximum absolute atomic E-state index is 11.7. The van der Waals surface area contributed by atoms with Crippen LogP contribution in [0.2, 0.25) is 0 Å². The predicted molar refractivity (Wildman–Crippen MR) is 113 cm³/mol. The first-order valence-electron chi connectivity index (χ1n) is 10.7. The predicted octanol–water partition coefficient (Wildman–Crippen LogP) is 6.00. The van der Waals surface area contributed by atoms with Crippen molar-refractivity contribution in [3.63, 3.8) is 0 Å². The summed E-state index contributed by atoms with van der Waals surface area (Å²) in [5.41, 5.74) is 0. The number of allylic oxidation sites excluding steroid dienone is 4. The van der Waals surface area contributed by atoms with Crippen molar-refractivity contribution >= 4 is 5.97 Å². The molecular weight excluding hydrogens is 340 g/mol. The van der Waals surface area contributed by atoms with Gasteiger partial charge in [-0.05, 0) is 38.5 Å². The lowest BCUT2D eigenvalue weighted by Gasteiger charge is -2.14. The van der Waals surface area contributed by atoms with Crippen molar-refractivity contribution in [3.8, 4) is 0 Å². The molecule has 0 rings (SSSR count). The number of esters is 1. The Labute approximate surface area is 167 Å². The third-order valence-corrected chi connectivity index (χ3v) is 4.45. The van der Waals surface area contributed by atoms with Gasteiger partial charge in [-0.15, -0.1) is 0 Å². The van der Waals surface area contributed by atoms with Gasteiger partial charge in [0, 0.05) is 20.6 Å². The summed E-state index contributed by atoms with van der Waals surface area (Å²) in [7, 11) is 3.20. The molecule has 1 atom stereocenters. The molecule has 0 N–H and O–H groups in total. The van der Waals surface area contributed by atoms with Crippen molar-refractivity contribution < 1.29 is 19.0 Å². The SMILES string of the molecule is CCCCC/C=C\C/C=C\CCCCCCCC(=O)OCC(COC)OC. The summed E-state index contributed by atoms with van der Waals surface area (Å²) < 4.78 is 15.4. The van der Waals surface area contributed by atoms with Gasteiger partial charge in [-0.1, -0.05) is 63.3 Å². The van der Waals surface area contributed by atoms with Crippen LogP contribution in [0.4, 0.5) is 0 Å². The third-order valence-electron chi connectivity index (χ3n) is 4.45. The molecule has 0 aromatic carbocycles. The van der Waals surface area contributed by atoms with E-state index in [-0.39, 0.29) is 18.7 Å². The maximum atomic E-state index is 11.7. The van der Waals surface area contributed by atoms with Crippen LogP contribution in [0.3, 0.4) is 0 Å². The highest BCUT2D eigenvalue weighted by Gasteiger charge is 2.10. The number of hydrogen-bond acceptors (Lipinski definition) is 4. The number of rotatable bonds is 19. The monoisotopic (exact) mass is 382 g/mol. The van der Waals surface area contributed by atoms with E-state index in [1.165, 1.54) is 44.9 Å². The lowest BCUT2D eigenvalue weighted by molar-refractivity contribution is -0.148. The topological polar surface area (TPSA) is 44.8 Å². The first-order chi connectivity index (χ1) is 13.2. The van der Waals surface area contributed by atoms with Crippen LogP contribution in [-0.4, -0.2) is 39.5 Å². The number of hydrogen-bond donors (Lipinski definition) is 0. The van der Waals surface area contributed by atoms with E-state index in [2.05, 4.69) is 31.2 Å². The summed E-state index contributed by atoms with van der Waals surface area (Å²) in [6, 6.07) is 0. The molecule has 0 heterocycles. The minimum absolute atomic E-state index is 0.140. The second-order valence-electron chi connectivity index (χ2n) is 6.98. The van der Waals surface area contributed by atoms with Crippen LogP contribution in [0.1, 0.15) is 84.0 Å². The normalized spacial score (nSPS) is 12.9. The van der Waals surface area contributed by atoms with Crippen molar-refractivity contribution in [3.05, 3.63) is 24.3 Å². The van der Waals surface area contributed by atoms with Gasteiger partial charge >= 0.3 is 5.97 Å². The van der Waals surface area contributed by atoms with Crippen LogP contribution in [0.5, 0.6) is 0 Å². The van der Waals surface area contributed by atoms with Crippen molar-refractivity contribution in [1.29, 1.82) is 0 Å². The van der Waals surface area contributed by atoms with Crippen molar-refractivity contribution in [2.75, 3.05) is 27.4 Å². The van der Waals surface area contributed by atoms with E-state index in [9.17, 15) is 4.79 Å². The summed E-state index contributed by atoms with van der Waals surface area (Å²) in [4.78, 5) is 11.7. The van der Waals surface area contributed by atoms with Gasteiger partial charge in [0.1, 0.15) is 12.7 Å². The number of unbranched alkanes of at least 4 members (excludes halogenated alkanes) is 8. The molecule has 158 valence electrons. The number of carbonyl (C=O) groups is 1. The maximum Gasteiger partial charge on any atom is 0.305 e. The zero-order valence-corrected chi connectivity index (χ0v) is 17.9. The Kier molecular flexibility index (Phi) is 20.3. The van der Waals surface area contributed by atoms with Gasteiger partial charge in [0.2, 0.25) is 0 Å². The molecule has 0 aromatic rings. The van der Waals surface area contributed by atoms with E-state index in [1.807, 2.05) is 0 Å². The van der Waals surface area contributed by atoms with Crippen molar-refractivity contribution in [2.45, 2.75) is 90.1 Å². The van der Waals surface area contributed by atoms with Crippen LogP contribution >= 0.6 is 0 Å². The molecule has 0 saturated carbocycles. The largest absolute Gasteiger partial charge is 0.463 e. The zero-order valence-electron chi connectivity index (χ0n) is 17.9. The third kappa shape index (κ3) is 19.4. The molecule has 0 spiro atoms. The number of methoxy groups -OCH3 is 2. The molecule has 1 unspecified atom stereocenters. The second kappa shape index (κ2) is 21.2. The summed E-state index contributed by atoms with van der Waals surface area (Å²) in [6.45, 7) is 2.94. The van der Waals surface area contributed by atoms with Crippen molar-refractivity contribution in [1.82, 2.24) is 0 Å². The Morgan fingerprint density at radius 1 is 0.815 bits per heavy atom. The molecule has 0 fully saturated rings. The van der Waals surface area contributed by atoms with E-state index in [1.54, 1.807) is 14.2 Å². The summed E-state index contributed by atoms with van der Waals surface area (Å²) in [5.74, 6) is -0.140. The molecular formula is C23H42O4. The minimum Gasteiger partial charge on any atom is -0.463 e. The van der Waals surface area contributed by atoms with Crippen LogP contribution in [0, 0.1) is 0 Å². The van der Waals surface area contributed by atoms with Crippen LogP contribution in [0.15, 0.2) is 24.3 Å². The van der Waals surface area contributed by atoms with Gasteiger partial charge in [-0.25, -0.2) is 0 Å². The smallest absolute Gasteiger partial charge is 0.305 e. The van der Waals surface area contributed by atoms with E-state index in [0.29, 0.717) is 13.0 Å². The van der Waals surface area contributed by atoms with Gasteiger partial charge in [-0.2, -0.15) is 0 Å². The average molecular weight is 383 g/mol. The summed E-state index contributed by atoms with van der Waals surface area (Å²) in [6.07, 6.45) is 22.5. The average Bonchev–Trinajstić information content (AvgIpc) is 2.68. The minimum atomic E-state index is -0.177. The highest BCUT2D eigenvalue weighted by Crippen LogP contribution is 2.09. The van der Waals surface area contributed by atoms with Gasteiger partial charge in [-0.3, -0.25) is 4.79 Å². The molecule has 0 aliphatic rings. The van der Waals surface area contributed by atoms with E-state index < -0.39 is 0 Å². The Morgan fingerprint density at radius 2 is 1.44 bits per heavy atom. The van der Waals surface area contributed by atoms with Crippen LogP contribution in [-0.2, 0) is 19.0 Å². The fraction of sp³-hybridized carbons (Fsp3) is 0.783. The quantitative estimate of drug-likeness (QED) is 0.156. The Balaban J connectivity index is 3.39. The summed E-state index contributed by atoms with van der Waals surface area (Å²) in [5, 5.41) is 0. The number of carbonyl (C=O) groups excluding carboxylic acids is 1. The molecule has 4 heteroatoms. The van der Waals surface area contributed by atoms with Crippen molar-refractivity contribution in [2.24, 2.45) is 0 Å². The Bertz CT molecular complexity index is 377. The molecule has 0 aliphatic heterocycles. The van der Waals surface area contributed by atoms with Crippen LogP contribution in [0.25, 0.3) is 0 Å². The molecule has 0 aliphatic carbocycles. The van der Waals surface area contributed by atoms with E-state index in [0.717, 1.165) is 25.7 Å². The highest BCUT2D eigenvalue weighted by atomic mass is 16.6. The molecule has 0 aromatic heterocycles. The molecule has 0 radical (unpaired) electrons. The van der Waals surface area contributed by atoms with Gasteiger partial charge in [0.15, 0.2) is 0 Å². The fourth-order valence-electron chi connectivity index (χ4n) is 2.71. The molecule has 0 bridgehead atoms. The van der Waals surface area contributed by atoms with E-state index >= 15 is 0 Å². The lowest BCUT2D eigenvalue weighted by Crippen LogP contribution is -2.25. The molecule has 0 saturated heterocycles. The summed E-state index contributed by atoms with van der Waals surface area (Å²) >= 11 is 0.